The van der Waals surface area contributed by atoms with Crippen LogP contribution in [0.2, 0.25) is 0 Å². The van der Waals surface area contributed by atoms with Gasteiger partial charge in [0.15, 0.2) is 0 Å². The Morgan fingerprint density at radius 2 is 2.03 bits per heavy atom. The summed E-state index contributed by atoms with van der Waals surface area (Å²) in [4.78, 5) is 26.0. The molecular weight excluding hydrogens is 409 g/mol. The summed E-state index contributed by atoms with van der Waals surface area (Å²) in [5, 5.41) is 3.95. The van der Waals surface area contributed by atoms with Gasteiger partial charge in [-0.2, -0.15) is 0 Å². The largest absolute Gasteiger partial charge is 0.361 e. The van der Waals surface area contributed by atoms with Crippen LogP contribution < -0.4 is 4.90 Å². The van der Waals surface area contributed by atoms with Gasteiger partial charge in [0.05, 0.1) is 17.8 Å². The van der Waals surface area contributed by atoms with Crippen LogP contribution in [-0.2, 0) is 11.2 Å². The second-order valence-corrected chi connectivity index (χ2v) is 8.50. The number of rotatable bonds is 5. The maximum Gasteiger partial charge on any atom is 0.227 e. The van der Waals surface area contributed by atoms with Crippen LogP contribution in [0.15, 0.2) is 35.0 Å². The molecule has 32 heavy (non-hydrogen) atoms. The molecule has 1 aromatic carbocycles. The van der Waals surface area contributed by atoms with Gasteiger partial charge in [0.1, 0.15) is 11.6 Å². The van der Waals surface area contributed by atoms with Crippen LogP contribution >= 0.6 is 0 Å². The van der Waals surface area contributed by atoms with E-state index in [4.69, 9.17) is 9.51 Å². The molecule has 0 spiro atoms. The fourth-order valence-corrected chi connectivity index (χ4v) is 4.24. The van der Waals surface area contributed by atoms with Crippen molar-refractivity contribution in [3.63, 3.8) is 0 Å². The molecule has 1 fully saturated rings. The molecule has 8 heteroatoms. The Kier molecular flexibility index (Phi) is 6.21. The minimum absolute atomic E-state index is 0.00586. The van der Waals surface area contributed by atoms with Gasteiger partial charge < -0.3 is 14.3 Å². The van der Waals surface area contributed by atoms with E-state index in [-0.39, 0.29) is 24.1 Å². The van der Waals surface area contributed by atoms with E-state index in [0.29, 0.717) is 35.9 Å². The summed E-state index contributed by atoms with van der Waals surface area (Å²) in [6.07, 6.45) is 3.69. The second kappa shape index (κ2) is 9.06. The highest BCUT2D eigenvalue weighted by Crippen LogP contribution is 2.35. The van der Waals surface area contributed by atoms with E-state index < -0.39 is 0 Å². The van der Waals surface area contributed by atoms with E-state index in [1.807, 2.05) is 43.8 Å². The minimum Gasteiger partial charge on any atom is -0.361 e. The molecule has 1 amide bonds. The van der Waals surface area contributed by atoms with E-state index in [9.17, 15) is 9.18 Å². The van der Waals surface area contributed by atoms with E-state index in [2.05, 4.69) is 10.1 Å². The molecule has 3 aromatic rings. The number of hydrogen-bond acceptors (Lipinski definition) is 6. The summed E-state index contributed by atoms with van der Waals surface area (Å²) >= 11 is 0. The fourth-order valence-electron chi connectivity index (χ4n) is 4.24. The first-order valence-corrected chi connectivity index (χ1v) is 10.8. The van der Waals surface area contributed by atoms with Crippen molar-refractivity contribution in [3.8, 4) is 11.1 Å². The van der Waals surface area contributed by atoms with Crippen molar-refractivity contribution in [2.75, 3.05) is 32.1 Å². The smallest absolute Gasteiger partial charge is 0.227 e. The first kappa shape index (κ1) is 21.9. The van der Waals surface area contributed by atoms with Crippen LogP contribution in [0, 0.1) is 19.7 Å². The summed E-state index contributed by atoms with van der Waals surface area (Å²) < 4.78 is 19.8. The molecule has 1 atom stereocenters. The zero-order chi connectivity index (χ0) is 22.8. The number of piperidine rings is 1. The fraction of sp³-hybridized carbons (Fsp3) is 0.417. The van der Waals surface area contributed by atoms with Crippen molar-refractivity contribution in [2.45, 2.75) is 39.0 Å². The molecule has 0 saturated carbocycles. The lowest BCUT2D eigenvalue weighted by molar-refractivity contribution is -0.131. The Morgan fingerprint density at radius 3 is 2.72 bits per heavy atom. The van der Waals surface area contributed by atoms with Crippen LogP contribution in [0.1, 0.15) is 41.5 Å². The quantitative estimate of drug-likeness (QED) is 0.603. The molecule has 0 bridgehead atoms. The molecule has 1 aliphatic heterocycles. The van der Waals surface area contributed by atoms with Gasteiger partial charge in [-0.1, -0.05) is 23.4 Å². The molecule has 2 aromatic heterocycles. The Labute approximate surface area is 187 Å². The number of carbonyl (C=O) groups excluding carboxylic acids is 1. The molecule has 0 N–H and O–H groups in total. The molecule has 1 aliphatic rings. The molecule has 0 radical (unpaired) electrons. The highest BCUT2D eigenvalue weighted by Gasteiger charge is 2.29. The third-order valence-corrected chi connectivity index (χ3v) is 6.04. The normalized spacial score (nSPS) is 16.3. The van der Waals surface area contributed by atoms with Gasteiger partial charge in [0, 0.05) is 56.0 Å². The van der Waals surface area contributed by atoms with Crippen molar-refractivity contribution in [3.05, 3.63) is 59.0 Å². The van der Waals surface area contributed by atoms with Crippen LogP contribution in [0.3, 0.4) is 0 Å². The van der Waals surface area contributed by atoms with Gasteiger partial charge in [0.25, 0.3) is 0 Å². The number of aromatic nitrogens is 3. The molecule has 4 rings (SSSR count). The van der Waals surface area contributed by atoms with Crippen molar-refractivity contribution in [1.29, 1.82) is 0 Å². The highest BCUT2D eigenvalue weighted by molar-refractivity contribution is 5.79. The predicted octanol–water partition coefficient (Wildman–Crippen LogP) is 3.90. The summed E-state index contributed by atoms with van der Waals surface area (Å²) in [5.74, 6) is 0.973. The van der Waals surface area contributed by atoms with E-state index >= 15 is 0 Å². The molecule has 0 unspecified atom stereocenters. The number of benzene rings is 1. The Bertz CT molecular complexity index is 1110. The first-order chi connectivity index (χ1) is 15.3. The first-order valence-electron chi connectivity index (χ1n) is 10.8. The van der Waals surface area contributed by atoms with Gasteiger partial charge in [-0.05, 0) is 32.8 Å². The topological polar surface area (TPSA) is 75.4 Å². The molecule has 168 valence electrons. The summed E-state index contributed by atoms with van der Waals surface area (Å²) in [6.45, 7) is 4.90. The molecule has 1 saturated heterocycles. The number of likely N-dealkylation sites (tertiary alicyclic amines) is 1. The number of aryl methyl sites for hydroxylation is 2. The van der Waals surface area contributed by atoms with Crippen molar-refractivity contribution >= 4 is 11.9 Å². The van der Waals surface area contributed by atoms with Crippen molar-refractivity contribution in [1.82, 2.24) is 20.0 Å². The Morgan fingerprint density at radius 1 is 1.25 bits per heavy atom. The zero-order valence-electron chi connectivity index (χ0n) is 18.9. The van der Waals surface area contributed by atoms with Crippen molar-refractivity contribution in [2.24, 2.45) is 0 Å². The van der Waals surface area contributed by atoms with E-state index in [0.717, 1.165) is 29.8 Å². The lowest BCUT2D eigenvalue weighted by Gasteiger charge is -2.33. The Balaban J connectivity index is 1.64. The standard InChI is InChI=1S/C24H28FN5O2/c1-15-19(16(2)32-28-15)12-22(31)30-11-7-8-17(14-30)23-20(13-26-24(27-23)29(3)4)18-9-5-6-10-21(18)25/h5-6,9-10,13,17H,7-8,11-12,14H2,1-4H3/t17-/m1/s1. The maximum absolute atomic E-state index is 14.6. The molecular formula is C24H28FN5O2. The lowest BCUT2D eigenvalue weighted by atomic mass is 9.89. The molecule has 7 nitrogen and oxygen atoms in total. The summed E-state index contributed by atoms with van der Waals surface area (Å²) in [7, 11) is 3.75. The SMILES string of the molecule is Cc1noc(C)c1CC(=O)N1CCC[C@@H](c2nc(N(C)C)ncc2-c2ccccc2F)C1. The average molecular weight is 438 g/mol. The maximum atomic E-state index is 14.6. The number of carbonyl (C=O) groups is 1. The monoisotopic (exact) mass is 437 g/mol. The number of halogens is 1. The predicted molar refractivity (Wildman–Crippen MR) is 120 cm³/mol. The summed E-state index contributed by atoms with van der Waals surface area (Å²) in [6, 6.07) is 6.67. The van der Waals surface area contributed by atoms with Gasteiger partial charge in [0.2, 0.25) is 11.9 Å². The zero-order valence-corrected chi connectivity index (χ0v) is 18.9. The van der Waals surface area contributed by atoms with Crippen LogP contribution in [0.25, 0.3) is 11.1 Å². The van der Waals surface area contributed by atoms with Gasteiger partial charge in [-0.3, -0.25) is 4.79 Å². The number of nitrogens with zero attached hydrogens (tertiary/aromatic N) is 5. The number of anilines is 1. The lowest BCUT2D eigenvalue weighted by Crippen LogP contribution is -2.40. The van der Waals surface area contributed by atoms with Crippen LogP contribution in [-0.4, -0.2) is 53.1 Å². The van der Waals surface area contributed by atoms with Crippen LogP contribution in [0.5, 0.6) is 0 Å². The number of amides is 1. The molecule has 0 aliphatic carbocycles. The third-order valence-electron chi connectivity index (χ3n) is 6.04. The molecule has 3 heterocycles. The van der Waals surface area contributed by atoms with Crippen LogP contribution in [0.4, 0.5) is 10.3 Å². The minimum atomic E-state index is -0.308. The Hall–Kier alpha value is -3.29. The number of hydrogen-bond donors (Lipinski definition) is 0. The van der Waals surface area contributed by atoms with Gasteiger partial charge in [-0.15, -0.1) is 0 Å². The van der Waals surface area contributed by atoms with E-state index in [1.165, 1.54) is 6.07 Å². The second-order valence-electron chi connectivity index (χ2n) is 8.50. The third kappa shape index (κ3) is 4.35. The van der Waals surface area contributed by atoms with Gasteiger partial charge >= 0.3 is 0 Å². The highest BCUT2D eigenvalue weighted by atomic mass is 19.1. The summed E-state index contributed by atoms with van der Waals surface area (Å²) in [5.41, 5.74) is 3.54. The van der Waals surface area contributed by atoms with Gasteiger partial charge in [-0.25, -0.2) is 14.4 Å². The average Bonchev–Trinajstić information content (AvgIpc) is 3.11. The van der Waals surface area contributed by atoms with Crippen molar-refractivity contribution < 1.29 is 13.7 Å². The van der Waals surface area contributed by atoms with E-state index in [1.54, 1.807) is 18.3 Å².